The first-order valence-electron chi connectivity index (χ1n) is 7.25. The Balaban J connectivity index is 0.00000176. The van der Waals surface area contributed by atoms with E-state index in [-0.39, 0.29) is 17.0 Å². The predicted molar refractivity (Wildman–Crippen MR) is 102 cm³/mol. The molecule has 0 aliphatic carbocycles. The first-order chi connectivity index (χ1) is 10.4. The second-order valence-corrected chi connectivity index (χ2v) is 6.01. The van der Waals surface area contributed by atoms with Crippen LogP contribution in [0.15, 0.2) is 59.6 Å². The molecule has 2 aromatic carbocycles. The van der Waals surface area contributed by atoms with Crippen molar-refractivity contribution in [3.05, 3.63) is 65.9 Å². The molecular formula is C18H21BrN2S. The van der Waals surface area contributed by atoms with Crippen molar-refractivity contribution < 1.29 is 0 Å². The Bertz CT molecular complexity index is 706. The third kappa shape index (κ3) is 4.15. The van der Waals surface area contributed by atoms with E-state index in [0.29, 0.717) is 0 Å². The standard InChI is InChI=1S/C18H20N2S.BrH/c1-21-16-8-6-14(7-9-16)12-19-11-10-15-13-20-18-5-3-2-4-17(15)18;/h2-9,13,19-20H,10-12H2,1H3;1H. The number of halogens is 1. The molecule has 1 heterocycles. The van der Waals surface area contributed by atoms with E-state index in [4.69, 9.17) is 0 Å². The number of H-pyrrole nitrogens is 1. The number of aromatic nitrogens is 1. The van der Waals surface area contributed by atoms with Crippen LogP contribution < -0.4 is 5.32 Å². The molecule has 116 valence electrons. The van der Waals surface area contributed by atoms with E-state index in [2.05, 4.69) is 71.3 Å². The molecule has 0 bridgehead atoms. The van der Waals surface area contributed by atoms with E-state index in [0.717, 1.165) is 19.5 Å². The smallest absolute Gasteiger partial charge is 0.0456 e. The molecule has 0 spiro atoms. The molecule has 0 atom stereocenters. The molecule has 0 unspecified atom stereocenters. The maximum Gasteiger partial charge on any atom is 0.0456 e. The number of rotatable bonds is 6. The SMILES string of the molecule is Br.CSc1ccc(CNCCc2c[nH]c3ccccc23)cc1. The lowest BCUT2D eigenvalue weighted by molar-refractivity contribution is 0.688. The van der Waals surface area contributed by atoms with Gasteiger partial charge in [-0.1, -0.05) is 30.3 Å². The Hall–Kier alpha value is -1.23. The molecule has 0 saturated carbocycles. The molecule has 2 N–H and O–H groups in total. The van der Waals surface area contributed by atoms with Crippen LogP contribution in [0.1, 0.15) is 11.1 Å². The number of thioether (sulfide) groups is 1. The fourth-order valence-corrected chi connectivity index (χ4v) is 2.95. The highest BCUT2D eigenvalue weighted by atomic mass is 79.9. The molecule has 0 fully saturated rings. The highest BCUT2D eigenvalue weighted by molar-refractivity contribution is 8.93. The lowest BCUT2D eigenvalue weighted by Gasteiger charge is -2.05. The molecule has 2 nitrogen and oxygen atoms in total. The summed E-state index contributed by atoms with van der Waals surface area (Å²) < 4.78 is 0. The van der Waals surface area contributed by atoms with Crippen molar-refractivity contribution in [3.63, 3.8) is 0 Å². The van der Waals surface area contributed by atoms with Crippen LogP contribution in [0, 0.1) is 0 Å². The quantitative estimate of drug-likeness (QED) is 0.477. The largest absolute Gasteiger partial charge is 0.361 e. The number of hydrogen-bond donors (Lipinski definition) is 2. The van der Waals surface area contributed by atoms with Crippen molar-refractivity contribution in [2.45, 2.75) is 17.9 Å². The van der Waals surface area contributed by atoms with Crippen LogP contribution in [0.3, 0.4) is 0 Å². The second-order valence-electron chi connectivity index (χ2n) is 5.13. The summed E-state index contributed by atoms with van der Waals surface area (Å²) in [7, 11) is 0. The van der Waals surface area contributed by atoms with Gasteiger partial charge in [0, 0.05) is 28.5 Å². The average molecular weight is 377 g/mol. The zero-order valence-electron chi connectivity index (χ0n) is 12.6. The van der Waals surface area contributed by atoms with Crippen molar-refractivity contribution in [1.29, 1.82) is 0 Å². The minimum absolute atomic E-state index is 0. The molecule has 0 radical (unpaired) electrons. The molecule has 0 saturated heterocycles. The van der Waals surface area contributed by atoms with Gasteiger partial charge < -0.3 is 10.3 Å². The van der Waals surface area contributed by atoms with Gasteiger partial charge in [0.15, 0.2) is 0 Å². The molecule has 0 aliphatic heterocycles. The van der Waals surface area contributed by atoms with Gasteiger partial charge in [0.25, 0.3) is 0 Å². The fourth-order valence-electron chi connectivity index (χ4n) is 2.54. The predicted octanol–water partition coefficient (Wildman–Crippen LogP) is 4.80. The monoisotopic (exact) mass is 376 g/mol. The highest BCUT2D eigenvalue weighted by Crippen LogP contribution is 2.18. The third-order valence-electron chi connectivity index (χ3n) is 3.73. The number of hydrogen-bond acceptors (Lipinski definition) is 2. The van der Waals surface area contributed by atoms with E-state index in [9.17, 15) is 0 Å². The number of nitrogens with one attached hydrogen (secondary N) is 2. The molecular weight excluding hydrogens is 356 g/mol. The van der Waals surface area contributed by atoms with Crippen LogP contribution in [0.2, 0.25) is 0 Å². The number of para-hydroxylation sites is 1. The van der Waals surface area contributed by atoms with E-state index >= 15 is 0 Å². The van der Waals surface area contributed by atoms with Gasteiger partial charge in [-0.3, -0.25) is 0 Å². The Morgan fingerprint density at radius 1 is 1.05 bits per heavy atom. The van der Waals surface area contributed by atoms with Crippen molar-refractivity contribution in [2.24, 2.45) is 0 Å². The Morgan fingerprint density at radius 3 is 2.59 bits per heavy atom. The van der Waals surface area contributed by atoms with Gasteiger partial charge in [-0.25, -0.2) is 0 Å². The summed E-state index contributed by atoms with van der Waals surface area (Å²) >= 11 is 1.78. The van der Waals surface area contributed by atoms with Crippen LogP contribution in [-0.4, -0.2) is 17.8 Å². The Labute approximate surface area is 146 Å². The summed E-state index contributed by atoms with van der Waals surface area (Å²) in [5, 5.41) is 4.86. The summed E-state index contributed by atoms with van der Waals surface area (Å²) in [5.74, 6) is 0. The lowest BCUT2D eigenvalue weighted by Crippen LogP contribution is -2.16. The fraction of sp³-hybridized carbons (Fsp3) is 0.222. The molecule has 0 amide bonds. The van der Waals surface area contributed by atoms with Crippen LogP contribution >= 0.6 is 28.7 Å². The highest BCUT2D eigenvalue weighted by Gasteiger charge is 2.02. The normalized spacial score (nSPS) is 10.6. The summed E-state index contributed by atoms with van der Waals surface area (Å²) in [6.07, 6.45) is 5.28. The first-order valence-corrected chi connectivity index (χ1v) is 8.48. The molecule has 22 heavy (non-hydrogen) atoms. The minimum Gasteiger partial charge on any atom is -0.361 e. The van der Waals surface area contributed by atoms with Gasteiger partial charge in [0.1, 0.15) is 0 Å². The lowest BCUT2D eigenvalue weighted by atomic mass is 10.1. The molecule has 0 aliphatic rings. The van der Waals surface area contributed by atoms with E-state index in [1.54, 1.807) is 11.8 Å². The molecule has 4 heteroatoms. The van der Waals surface area contributed by atoms with Crippen LogP contribution in [0.4, 0.5) is 0 Å². The minimum atomic E-state index is 0. The van der Waals surface area contributed by atoms with Gasteiger partial charge in [-0.2, -0.15) is 0 Å². The first kappa shape index (κ1) is 17.1. The van der Waals surface area contributed by atoms with E-state index in [1.807, 2.05) is 0 Å². The molecule has 3 rings (SSSR count). The topological polar surface area (TPSA) is 27.8 Å². The average Bonchev–Trinajstić information content (AvgIpc) is 2.95. The van der Waals surface area contributed by atoms with Gasteiger partial charge in [-0.15, -0.1) is 28.7 Å². The van der Waals surface area contributed by atoms with Crippen LogP contribution in [0.5, 0.6) is 0 Å². The maximum atomic E-state index is 3.52. The van der Waals surface area contributed by atoms with Crippen molar-refractivity contribution in [2.75, 3.05) is 12.8 Å². The second kappa shape index (κ2) is 8.42. The Kier molecular flexibility index (Phi) is 6.55. The molecule has 3 aromatic rings. The maximum absolute atomic E-state index is 3.52. The van der Waals surface area contributed by atoms with E-state index < -0.39 is 0 Å². The van der Waals surface area contributed by atoms with Crippen molar-refractivity contribution in [3.8, 4) is 0 Å². The van der Waals surface area contributed by atoms with Gasteiger partial charge in [0.2, 0.25) is 0 Å². The molecule has 1 aromatic heterocycles. The summed E-state index contributed by atoms with van der Waals surface area (Å²) in [6.45, 7) is 1.92. The van der Waals surface area contributed by atoms with Crippen molar-refractivity contribution >= 4 is 39.6 Å². The summed E-state index contributed by atoms with van der Waals surface area (Å²) in [5.41, 5.74) is 3.95. The van der Waals surface area contributed by atoms with Crippen molar-refractivity contribution in [1.82, 2.24) is 10.3 Å². The summed E-state index contributed by atoms with van der Waals surface area (Å²) in [4.78, 5) is 4.65. The third-order valence-corrected chi connectivity index (χ3v) is 4.48. The van der Waals surface area contributed by atoms with Gasteiger partial charge in [0.05, 0.1) is 0 Å². The summed E-state index contributed by atoms with van der Waals surface area (Å²) in [6, 6.07) is 17.2. The number of fused-ring (bicyclic) bond motifs is 1. The van der Waals surface area contributed by atoms with E-state index in [1.165, 1.54) is 26.9 Å². The van der Waals surface area contributed by atoms with Gasteiger partial charge >= 0.3 is 0 Å². The Morgan fingerprint density at radius 2 is 1.82 bits per heavy atom. The number of aromatic amines is 1. The number of benzene rings is 2. The van der Waals surface area contributed by atoms with Gasteiger partial charge in [-0.05, 0) is 48.5 Å². The zero-order valence-corrected chi connectivity index (χ0v) is 15.2. The van der Waals surface area contributed by atoms with Crippen LogP contribution in [-0.2, 0) is 13.0 Å². The zero-order chi connectivity index (χ0) is 14.5. The van der Waals surface area contributed by atoms with Crippen LogP contribution in [0.25, 0.3) is 10.9 Å².